The summed E-state index contributed by atoms with van der Waals surface area (Å²) in [7, 11) is 0. The van der Waals surface area contributed by atoms with Crippen LogP contribution in [0.4, 0.5) is 13.2 Å². The molecule has 3 fully saturated rings. The van der Waals surface area contributed by atoms with Crippen molar-refractivity contribution >= 4 is 77.5 Å². The Morgan fingerprint density at radius 1 is 0.674 bits per heavy atom. The van der Waals surface area contributed by atoms with Crippen LogP contribution < -0.4 is 22.1 Å². The molecule has 5 rings (SSSR count). The summed E-state index contributed by atoms with van der Waals surface area (Å²) in [6, 6.07) is 11.3. The quantitative estimate of drug-likeness (QED) is 0.0361. The van der Waals surface area contributed by atoms with Crippen molar-refractivity contribution in [2.45, 2.75) is 122 Å². The lowest BCUT2D eigenvalue weighted by atomic mass is 10.1. The smallest absolute Gasteiger partial charge is 0.376 e. The topological polar surface area (TPSA) is 302 Å². The molecule has 10 amide bonds. The molecule has 3 atom stereocenters. The van der Waals surface area contributed by atoms with Crippen LogP contribution >= 0.6 is 12.6 Å². The fraction of sp³-hybridized carbons (Fsp3) is 0.621. The highest BCUT2D eigenvalue weighted by molar-refractivity contribution is 7.80. The molecule has 0 saturated carbocycles. The highest BCUT2D eigenvalue weighted by Crippen LogP contribution is 2.30. The molecule has 0 bridgehead atoms. The van der Waals surface area contributed by atoms with Gasteiger partial charge in [-0.25, -0.2) is 0 Å². The first-order valence-corrected chi connectivity index (χ1v) is 33.6. The number of thiol groups is 1. The summed E-state index contributed by atoms with van der Waals surface area (Å²) in [5.41, 5.74) is 11.3. The number of ether oxygens (including phenoxy) is 1. The fourth-order valence-corrected chi connectivity index (χ4v) is 11.7. The molecule has 3 heterocycles. The Morgan fingerprint density at radius 3 is 1.76 bits per heavy atom. The Bertz CT molecular complexity index is 2890. The minimum Gasteiger partial charge on any atom is -0.376 e. The minimum atomic E-state index is -4.71. The molecule has 3 aliphatic rings. The van der Waals surface area contributed by atoms with Gasteiger partial charge in [0.15, 0.2) is 5.78 Å². The van der Waals surface area contributed by atoms with Gasteiger partial charge in [0, 0.05) is 90.6 Å². The van der Waals surface area contributed by atoms with E-state index in [1.807, 2.05) is 0 Å². The number of benzene rings is 2. The van der Waals surface area contributed by atoms with Crippen molar-refractivity contribution in [3.8, 4) is 0 Å². The van der Waals surface area contributed by atoms with Crippen LogP contribution in [0, 0.1) is 0 Å². The number of hydrogen-bond donors (Lipinski definition) is 5. The second-order valence-electron chi connectivity index (χ2n) is 24.2. The van der Waals surface area contributed by atoms with E-state index in [0.29, 0.717) is 109 Å². The molecule has 3 saturated heterocycles. The SMILES string of the molecule is C=CCN(CC(=O)N(CC(=O)N(CCCN1CCCC1=O)CC(=O)N(CCCCN)CC(=O)N(CCCCN)CC(=O)N[C@H](CS)C(C)=O)CC1CCCO1)C(=O)CN(C(=O)CN(Cc1cccc(C(F)(F)F)c1)C(=O)CNCCCN1CCCC1=O)[C@@H](C)c1ccccc1. The van der Waals surface area contributed by atoms with Crippen molar-refractivity contribution in [2.75, 3.05) is 143 Å². The number of nitrogens with one attached hydrogen (secondary N) is 2. The molecule has 2 aromatic rings. The molecular formula is C66H98F3N13O12S. The molecular weight excluding hydrogens is 1260 g/mol. The Kier molecular flexibility index (Phi) is 33.6. The molecule has 2 aromatic carbocycles. The summed E-state index contributed by atoms with van der Waals surface area (Å²) in [5.74, 6) is -5.65. The largest absolute Gasteiger partial charge is 0.416 e. The third kappa shape index (κ3) is 26.6. The normalized spacial score (nSPS) is 15.3. The van der Waals surface area contributed by atoms with E-state index in [9.17, 15) is 65.9 Å². The zero-order valence-electron chi connectivity index (χ0n) is 55.1. The molecule has 95 heavy (non-hydrogen) atoms. The monoisotopic (exact) mass is 1350 g/mol. The number of unbranched alkanes of at least 4 members (excludes halogenated alkanes) is 2. The molecule has 0 aliphatic carbocycles. The molecule has 25 nitrogen and oxygen atoms in total. The van der Waals surface area contributed by atoms with E-state index in [2.05, 4.69) is 29.8 Å². The molecule has 0 radical (unpaired) electrons. The first-order chi connectivity index (χ1) is 45.5. The second-order valence-corrected chi connectivity index (χ2v) is 24.6. The van der Waals surface area contributed by atoms with Crippen molar-refractivity contribution in [2.24, 2.45) is 11.5 Å². The third-order valence-electron chi connectivity index (χ3n) is 16.9. The first-order valence-electron chi connectivity index (χ1n) is 32.9. The van der Waals surface area contributed by atoms with Gasteiger partial charge in [0.05, 0.1) is 56.5 Å². The van der Waals surface area contributed by atoms with Gasteiger partial charge in [-0.3, -0.25) is 52.7 Å². The van der Waals surface area contributed by atoms with Gasteiger partial charge in [0.2, 0.25) is 59.1 Å². The van der Waals surface area contributed by atoms with E-state index in [1.54, 1.807) is 47.1 Å². The highest BCUT2D eigenvalue weighted by atomic mass is 32.1. The standard InChI is InChI=1S/C66H98F3N13O12S/c1-4-28-76(64(92)47-82(49(2)52-19-6-5-7-20-52)65(93)46-80(39-51-18-12-21-53(37-51)66(67,68)69)59(87)38-72-27-16-33-74-31-13-23-57(74)85)44-63(91)81(40-54-22-15-36-94-54)45-62(90)79(35-17-34-75-32-14-24-58(75)86)43-61(89)78(30-11-9-26-71)42-60(88)77(29-10-8-25-70)41-56(84)73-55(48-95)50(3)83/h4-7,12,18-21,37,49,54-55,72,95H,1,8-11,13-17,22-36,38-48,70-71H2,2-3H3,(H,73,84)/t49-,54?,55+/m0/s1. The van der Waals surface area contributed by atoms with Crippen molar-refractivity contribution in [1.82, 2.24) is 54.7 Å². The number of hydrogen-bond acceptors (Lipinski definition) is 16. The zero-order valence-corrected chi connectivity index (χ0v) is 56.0. The summed E-state index contributed by atoms with van der Waals surface area (Å²) in [6.45, 7) is 4.94. The number of nitrogens with two attached hydrogens (primary N) is 2. The van der Waals surface area contributed by atoms with Gasteiger partial charge in [-0.15, -0.1) is 6.58 Å². The van der Waals surface area contributed by atoms with Gasteiger partial charge >= 0.3 is 6.18 Å². The predicted molar refractivity (Wildman–Crippen MR) is 352 cm³/mol. The predicted octanol–water partition coefficient (Wildman–Crippen LogP) is 2.23. The lowest BCUT2D eigenvalue weighted by molar-refractivity contribution is -0.149. The molecule has 29 heteroatoms. The van der Waals surface area contributed by atoms with Crippen LogP contribution in [-0.4, -0.2) is 264 Å². The summed E-state index contributed by atoms with van der Waals surface area (Å²) in [6.07, 6.45) is 2.14. The third-order valence-corrected chi connectivity index (χ3v) is 17.3. The Labute approximate surface area is 561 Å². The minimum absolute atomic E-state index is 0.0285. The second kappa shape index (κ2) is 40.8. The van der Waals surface area contributed by atoms with Crippen molar-refractivity contribution in [1.29, 1.82) is 0 Å². The number of halogens is 3. The van der Waals surface area contributed by atoms with Crippen molar-refractivity contribution in [3.63, 3.8) is 0 Å². The maximum absolute atomic E-state index is 15.0. The Morgan fingerprint density at radius 2 is 1.22 bits per heavy atom. The number of carbonyl (C=O) groups is 11. The lowest BCUT2D eigenvalue weighted by Gasteiger charge is -2.34. The van der Waals surface area contributed by atoms with Gasteiger partial charge in [0.1, 0.15) is 19.6 Å². The maximum atomic E-state index is 15.0. The van der Waals surface area contributed by atoms with Crippen molar-refractivity contribution < 1.29 is 70.6 Å². The number of amides is 10. The van der Waals surface area contributed by atoms with Gasteiger partial charge in [-0.2, -0.15) is 25.8 Å². The highest BCUT2D eigenvalue weighted by Gasteiger charge is 2.35. The lowest BCUT2D eigenvalue weighted by Crippen LogP contribution is -2.53. The molecule has 0 spiro atoms. The number of Topliss-reactive ketones (excluding diaryl/α,β-unsaturated/α-hetero) is 1. The number of rotatable bonds is 43. The number of likely N-dealkylation sites (tertiary alicyclic amines) is 2. The number of ketones is 1. The van der Waals surface area contributed by atoms with Gasteiger partial charge in [-0.1, -0.05) is 48.5 Å². The van der Waals surface area contributed by atoms with Gasteiger partial charge in [-0.05, 0) is 121 Å². The van der Waals surface area contributed by atoms with Crippen LogP contribution in [0.3, 0.4) is 0 Å². The molecule has 0 aromatic heterocycles. The van der Waals surface area contributed by atoms with E-state index in [4.69, 9.17) is 16.2 Å². The molecule has 6 N–H and O–H groups in total. The summed E-state index contributed by atoms with van der Waals surface area (Å²) < 4.78 is 47.9. The van der Waals surface area contributed by atoms with E-state index in [-0.39, 0.29) is 87.7 Å². The first kappa shape index (κ1) is 78.2. The summed E-state index contributed by atoms with van der Waals surface area (Å²) in [5, 5.41) is 5.64. The number of nitrogens with zero attached hydrogens (tertiary/aromatic N) is 9. The molecule has 1 unspecified atom stereocenters. The van der Waals surface area contributed by atoms with E-state index in [1.165, 1.54) is 49.6 Å². The van der Waals surface area contributed by atoms with E-state index >= 15 is 0 Å². The Balaban J connectivity index is 1.41. The van der Waals surface area contributed by atoms with Crippen LogP contribution in [0.5, 0.6) is 0 Å². The zero-order chi connectivity index (χ0) is 69.5. The summed E-state index contributed by atoms with van der Waals surface area (Å²) >= 11 is 4.17. The van der Waals surface area contributed by atoms with E-state index < -0.39 is 130 Å². The molecule has 3 aliphatic heterocycles. The van der Waals surface area contributed by atoms with Crippen LogP contribution in [0.2, 0.25) is 0 Å². The van der Waals surface area contributed by atoms with Crippen LogP contribution in [-0.2, 0) is 70.2 Å². The average molecular weight is 1350 g/mol. The van der Waals surface area contributed by atoms with Gasteiger partial charge in [0.25, 0.3) is 0 Å². The molecule has 526 valence electrons. The van der Waals surface area contributed by atoms with Crippen LogP contribution in [0.15, 0.2) is 67.3 Å². The van der Waals surface area contributed by atoms with Crippen LogP contribution in [0.1, 0.15) is 114 Å². The van der Waals surface area contributed by atoms with Crippen LogP contribution in [0.25, 0.3) is 0 Å². The number of carbonyl (C=O) groups excluding carboxylic acids is 11. The summed E-state index contributed by atoms with van der Waals surface area (Å²) in [4.78, 5) is 165. The average Bonchev–Trinajstić information content (AvgIpc) is 2.23. The fourth-order valence-electron chi connectivity index (χ4n) is 11.4. The maximum Gasteiger partial charge on any atom is 0.416 e. The van der Waals surface area contributed by atoms with E-state index in [0.717, 1.165) is 28.4 Å². The Hall–Kier alpha value is -7.47. The van der Waals surface area contributed by atoms with Crippen molar-refractivity contribution in [3.05, 3.63) is 83.9 Å². The number of alkyl halides is 3. The van der Waals surface area contributed by atoms with Gasteiger partial charge < -0.3 is 70.9 Å².